The van der Waals surface area contributed by atoms with E-state index in [2.05, 4.69) is 40.9 Å². The molecule has 0 aliphatic carbocycles. The predicted molar refractivity (Wildman–Crippen MR) is 70.3 cm³/mol. The van der Waals surface area contributed by atoms with Crippen LogP contribution in [0.5, 0.6) is 0 Å². The van der Waals surface area contributed by atoms with E-state index in [1.165, 1.54) is 18.4 Å². The Kier molecular flexibility index (Phi) is 5.50. The van der Waals surface area contributed by atoms with Crippen LogP contribution >= 0.6 is 15.9 Å². The Bertz CT molecular complexity index is 310. The van der Waals surface area contributed by atoms with E-state index in [0.29, 0.717) is 4.83 Å². The van der Waals surface area contributed by atoms with E-state index in [1.54, 1.807) is 0 Å². The number of benzene rings is 1. The van der Waals surface area contributed by atoms with Gasteiger partial charge in [0.05, 0.1) is 5.92 Å². The molecule has 2 unspecified atom stereocenters. The van der Waals surface area contributed by atoms with E-state index in [-0.39, 0.29) is 5.92 Å². The Balaban J connectivity index is 2.68. The maximum atomic E-state index is 5.60. The van der Waals surface area contributed by atoms with Gasteiger partial charge in [0.15, 0.2) is 0 Å². The van der Waals surface area contributed by atoms with Gasteiger partial charge in [0, 0.05) is 4.83 Å². The monoisotopic (exact) mass is 264 g/mol. The van der Waals surface area contributed by atoms with E-state index in [9.17, 15) is 0 Å². The number of unbranched alkanes of at least 4 members (excludes halogenated alkanes) is 1. The van der Waals surface area contributed by atoms with Crippen LogP contribution in [0.15, 0.2) is 30.3 Å². The fraction of sp³-hybridized carbons (Fsp3) is 0.429. The van der Waals surface area contributed by atoms with Gasteiger partial charge in [0.25, 0.3) is 0 Å². The molecule has 1 heteroatoms. The van der Waals surface area contributed by atoms with Gasteiger partial charge in [-0.2, -0.15) is 0 Å². The second-order valence-corrected chi connectivity index (χ2v) is 4.89. The van der Waals surface area contributed by atoms with Crippen molar-refractivity contribution in [2.75, 3.05) is 0 Å². The number of alkyl halides is 1. The smallest absolute Gasteiger partial charge is 0.0574 e. The molecular weight excluding hydrogens is 248 g/mol. The maximum Gasteiger partial charge on any atom is 0.0574 e. The first-order valence-corrected chi connectivity index (χ1v) is 6.36. The van der Waals surface area contributed by atoms with Crippen LogP contribution in [0.4, 0.5) is 0 Å². The first-order valence-electron chi connectivity index (χ1n) is 5.44. The van der Waals surface area contributed by atoms with Crippen LogP contribution in [-0.2, 0) is 0 Å². The third-order valence-electron chi connectivity index (χ3n) is 2.53. The highest BCUT2D eigenvalue weighted by Gasteiger charge is 2.17. The second kappa shape index (κ2) is 6.69. The lowest BCUT2D eigenvalue weighted by Gasteiger charge is -2.17. The average Bonchev–Trinajstić information content (AvgIpc) is 2.29. The van der Waals surface area contributed by atoms with Crippen molar-refractivity contribution in [1.82, 2.24) is 0 Å². The van der Waals surface area contributed by atoms with Crippen molar-refractivity contribution in [1.29, 1.82) is 0 Å². The number of halogens is 1. The zero-order valence-electron chi connectivity index (χ0n) is 9.12. The van der Waals surface area contributed by atoms with Crippen molar-refractivity contribution in [3.8, 4) is 12.3 Å². The van der Waals surface area contributed by atoms with Crippen molar-refractivity contribution >= 4 is 15.9 Å². The van der Waals surface area contributed by atoms with Crippen molar-refractivity contribution < 1.29 is 0 Å². The first kappa shape index (κ1) is 12.3. The molecule has 0 fully saturated rings. The summed E-state index contributed by atoms with van der Waals surface area (Å²) in [6, 6.07) is 10.3. The van der Waals surface area contributed by atoms with Crippen LogP contribution in [0, 0.1) is 12.3 Å². The van der Waals surface area contributed by atoms with Gasteiger partial charge < -0.3 is 0 Å². The van der Waals surface area contributed by atoms with Gasteiger partial charge in [0.2, 0.25) is 0 Å². The topological polar surface area (TPSA) is 0 Å². The van der Waals surface area contributed by atoms with Gasteiger partial charge in [-0.25, -0.2) is 0 Å². The molecule has 0 bridgehead atoms. The highest BCUT2D eigenvalue weighted by molar-refractivity contribution is 9.09. The molecule has 15 heavy (non-hydrogen) atoms. The molecule has 1 aromatic rings. The van der Waals surface area contributed by atoms with Crippen LogP contribution in [0.2, 0.25) is 0 Å². The maximum absolute atomic E-state index is 5.60. The third-order valence-corrected chi connectivity index (χ3v) is 3.52. The summed E-state index contributed by atoms with van der Waals surface area (Å²) in [6.07, 6.45) is 9.18. The highest BCUT2D eigenvalue weighted by atomic mass is 79.9. The van der Waals surface area contributed by atoms with Crippen LogP contribution in [0.1, 0.15) is 37.7 Å². The standard InChI is InChI=1S/C14H17Br/c1-3-5-11-14(15)13(4-2)12-9-7-6-8-10-12/h2,6-10,13-14H,3,5,11H2,1H3. The van der Waals surface area contributed by atoms with E-state index < -0.39 is 0 Å². The van der Waals surface area contributed by atoms with E-state index in [0.717, 1.165) is 6.42 Å². The number of hydrogen-bond acceptors (Lipinski definition) is 0. The van der Waals surface area contributed by atoms with Gasteiger partial charge in [-0.1, -0.05) is 71.9 Å². The Morgan fingerprint density at radius 2 is 2.00 bits per heavy atom. The van der Waals surface area contributed by atoms with E-state index in [4.69, 9.17) is 6.42 Å². The lowest BCUT2D eigenvalue weighted by molar-refractivity contribution is 0.660. The summed E-state index contributed by atoms with van der Waals surface area (Å²) in [5.41, 5.74) is 1.23. The van der Waals surface area contributed by atoms with Gasteiger partial charge in [0.1, 0.15) is 0 Å². The van der Waals surface area contributed by atoms with Gasteiger partial charge in [-0.15, -0.1) is 6.42 Å². The lowest BCUT2D eigenvalue weighted by Crippen LogP contribution is -2.10. The van der Waals surface area contributed by atoms with Gasteiger partial charge in [-0.05, 0) is 12.0 Å². The molecule has 0 amide bonds. The molecule has 0 radical (unpaired) electrons. The summed E-state index contributed by atoms with van der Waals surface area (Å²) in [6.45, 7) is 2.20. The summed E-state index contributed by atoms with van der Waals surface area (Å²) in [7, 11) is 0. The summed E-state index contributed by atoms with van der Waals surface area (Å²) >= 11 is 3.70. The minimum atomic E-state index is 0.192. The first-order chi connectivity index (χ1) is 7.29. The van der Waals surface area contributed by atoms with Crippen molar-refractivity contribution in [3.05, 3.63) is 35.9 Å². The van der Waals surface area contributed by atoms with Crippen LogP contribution < -0.4 is 0 Å². The Labute approximate surface area is 101 Å². The molecule has 0 nitrogen and oxygen atoms in total. The fourth-order valence-corrected chi connectivity index (χ4v) is 2.42. The zero-order valence-corrected chi connectivity index (χ0v) is 10.7. The SMILES string of the molecule is C#CC(c1ccccc1)C(Br)CCCC. The minimum Gasteiger partial charge on any atom is -0.119 e. The molecule has 80 valence electrons. The van der Waals surface area contributed by atoms with Crippen molar-refractivity contribution in [2.45, 2.75) is 36.9 Å². The van der Waals surface area contributed by atoms with Crippen LogP contribution in [-0.4, -0.2) is 4.83 Å². The molecule has 0 saturated carbocycles. The normalized spacial score (nSPS) is 14.2. The molecule has 0 aromatic heterocycles. The molecule has 1 aromatic carbocycles. The molecule has 0 N–H and O–H groups in total. The molecular formula is C14H17Br. The summed E-state index contributed by atoms with van der Waals surface area (Å²) in [5.74, 6) is 3.07. The minimum absolute atomic E-state index is 0.192. The molecule has 0 saturated heterocycles. The Hall–Kier alpha value is -0.740. The van der Waals surface area contributed by atoms with Crippen LogP contribution in [0.3, 0.4) is 0 Å². The molecule has 0 heterocycles. The second-order valence-electron chi connectivity index (χ2n) is 3.71. The van der Waals surface area contributed by atoms with Crippen LogP contribution in [0.25, 0.3) is 0 Å². The summed E-state index contributed by atoms with van der Waals surface area (Å²) in [5, 5.41) is 0. The molecule has 1 rings (SSSR count). The Morgan fingerprint density at radius 3 is 2.53 bits per heavy atom. The Morgan fingerprint density at radius 1 is 1.33 bits per heavy atom. The summed E-state index contributed by atoms with van der Waals surface area (Å²) in [4.78, 5) is 0.393. The molecule has 0 aliphatic heterocycles. The zero-order chi connectivity index (χ0) is 11.1. The summed E-state index contributed by atoms with van der Waals surface area (Å²) < 4.78 is 0. The molecule has 0 aliphatic rings. The van der Waals surface area contributed by atoms with E-state index in [1.807, 2.05) is 18.2 Å². The fourth-order valence-electron chi connectivity index (χ4n) is 1.64. The molecule has 2 atom stereocenters. The van der Waals surface area contributed by atoms with Crippen molar-refractivity contribution in [3.63, 3.8) is 0 Å². The highest BCUT2D eigenvalue weighted by Crippen LogP contribution is 2.27. The van der Waals surface area contributed by atoms with Gasteiger partial charge in [-0.3, -0.25) is 0 Å². The third kappa shape index (κ3) is 3.72. The lowest BCUT2D eigenvalue weighted by atomic mass is 9.94. The average molecular weight is 265 g/mol. The van der Waals surface area contributed by atoms with Crippen molar-refractivity contribution in [2.24, 2.45) is 0 Å². The van der Waals surface area contributed by atoms with Gasteiger partial charge >= 0.3 is 0 Å². The molecule has 0 spiro atoms. The number of rotatable bonds is 5. The largest absolute Gasteiger partial charge is 0.119 e. The number of hydrogen-bond donors (Lipinski definition) is 0. The van der Waals surface area contributed by atoms with E-state index >= 15 is 0 Å². The number of terminal acetylenes is 1. The predicted octanol–water partition coefficient (Wildman–Crippen LogP) is 4.36. The quantitative estimate of drug-likeness (QED) is 0.548.